The highest BCUT2D eigenvalue weighted by molar-refractivity contribution is 5.91. The zero-order valence-corrected chi connectivity index (χ0v) is 41.3. The maximum atomic E-state index is 13.8. The minimum absolute atomic E-state index is 0. The summed E-state index contributed by atoms with van der Waals surface area (Å²) in [5.74, 6) is -1.06. The zero-order chi connectivity index (χ0) is 46.8. The molecule has 2 aromatic carbocycles. The highest BCUT2D eigenvalue weighted by atomic mass is 35.5. The van der Waals surface area contributed by atoms with E-state index in [0.717, 1.165) is 12.0 Å². The molecule has 362 valence electrons. The molecule has 14 nitrogen and oxygen atoms in total. The summed E-state index contributed by atoms with van der Waals surface area (Å²) in [5.41, 5.74) is -0.226. The van der Waals surface area contributed by atoms with Crippen molar-refractivity contribution in [3.63, 3.8) is 0 Å². The van der Waals surface area contributed by atoms with Crippen LogP contribution < -0.4 is 10.6 Å². The van der Waals surface area contributed by atoms with E-state index in [1.807, 2.05) is 90.1 Å². The Labute approximate surface area is 388 Å². The van der Waals surface area contributed by atoms with E-state index < -0.39 is 46.4 Å². The van der Waals surface area contributed by atoms with Crippen molar-refractivity contribution >= 4 is 36.3 Å². The van der Waals surface area contributed by atoms with Crippen molar-refractivity contribution in [1.82, 2.24) is 15.5 Å². The van der Waals surface area contributed by atoms with Gasteiger partial charge in [0.25, 0.3) is 0 Å². The summed E-state index contributed by atoms with van der Waals surface area (Å²) in [6.07, 6.45) is 1.54. The lowest BCUT2D eigenvalue weighted by molar-refractivity contribution is -0.164. The topological polar surface area (TPSA) is 160 Å². The van der Waals surface area contributed by atoms with E-state index in [1.54, 1.807) is 41.5 Å². The first-order valence-corrected chi connectivity index (χ1v) is 22.4. The molecule has 0 unspecified atom stereocenters. The molecule has 2 fully saturated rings. The smallest absolute Gasteiger partial charge is 0.408 e. The van der Waals surface area contributed by atoms with Crippen molar-refractivity contribution in [2.75, 3.05) is 39.5 Å². The van der Waals surface area contributed by atoms with Crippen LogP contribution in [0.15, 0.2) is 60.7 Å². The second-order valence-corrected chi connectivity index (χ2v) is 20.2. The van der Waals surface area contributed by atoms with Gasteiger partial charge < -0.3 is 48.7 Å². The number of rotatable bonds is 18. The first-order chi connectivity index (χ1) is 29.4. The number of nitrogens with one attached hydrogen (secondary N) is 2. The summed E-state index contributed by atoms with van der Waals surface area (Å²) in [5, 5.41) is 5.90. The van der Waals surface area contributed by atoms with E-state index in [9.17, 15) is 19.2 Å². The molecule has 0 spiro atoms. The summed E-state index contributed by atoms with van der Waals surface area (Å²) < 4.78 is 39.7. The van der Waals surface area contributed by atoms with Crippen molar-refractivity contribution in [3.8, 4) is 0 Å². The number of benzene rings is 2. The molecule has 0 aromatic heterocycles. The average Bonchev–Trinajstić information content (AvgIpc) is 3.83. The summed E-state index contributed by atoms with van der Waals surface area (Å²) in [4.78, 5) is 53.1. The number of nitrogens with zero attached hydrogens (tertiary/aromatic N) is 1. The summed E-state index contributed by atoms with van der Waals surface area (Å²) in [6.45, 7) is 26.2. The molecule has 2 aliphatic heterocycles. The average molecular weight is 921 g/mol. The number of halogens is 1. The Bertz CT molecular complexity index is 1690. The largest absolute Gasteiger partial charge is 0.459 e. The lowest BCUT2D eigenvalue weighted by Crippen LogP contribution is -2.57. The predicted molar refractivity (Wildman–Crippen MR) is 249 cm³/mol. The van der Waals surface area contributed by atoms with Gasteiger partial charge in [-0.25, -0.2) is 9.59 Å². The van der Waals surface area contributed by atoms with Crippen molar-refractivity contribution in [1.29, 1.82) is 0 Å². The number of hydrogen-bond acceptors (Lipinski definition) is 12. The van der Waals surface area contributed by atoms with E-state index >= 15 is 0 Å². The maximum absolute atomic E-state index is 13.8. The molecule has 0 bridgehead atoms. The minimum atomic E-state index is -0.914. The van der Waals surface area contributed by atoms with Gasteiger partial charge in [0, 0.05) is 52.4 Å². The second kappa shape index (κ2) is 26.4. The van der Waals surface area contributed by atoms with Crippen molar-refractivity contribution in [3.05, 3.63) is 71.8 Å². The van der Waals surface area contributed by atoms with Crippen LogP contribution in [-0.2, 0) is 60.8 Å². The molecule has 2 N–H and O–H groups in total. The lowest BCUT2D eigenvalue weighted by atomic mass is 9.85. The van der Waals surface area contributed by atoms with Crippen LogP contribution in [-0.4, -0.2) is 115 Å². The number of carbonyl (C=O) groups is 4. The number of carbonyl (C=O) groups excluding carboxylic acids is 4. The molecule has 2 saturated heterocycles. The molecule has 4 rings (SSSR count). The van der Waals surface area contributed by atoms with Crippen molar-refractivity contribution in [2.24, 2.45) is 5.41 Å². The molecule has 2 amide bonds. The minimum Gasteiger partial charge on any atom is -0.459 e. The normalized spacial score (nSPS) is 19.4. The van der Waals surface area contributed by atoms with Crippen molar-refractivity contribution in [2.45, 2.75) is 169 Å². The molecule has 2 aromatic rings. The van der Waals surface area contributed by atoms with Crippen LogP contribution in [0.4, 0.5) is 4.79 Å². The monoisotopic (exact) mass is 920 g/mol. The standard InChI is InChI=1S/C30H48N2O7.C19H29NO4.ClH/c1-28(2,3)24(31-27(35)39-30(7,8)9)25(33)32-19-22(18-23(32)26(34)38-29(4,5)6)37-17-13-16-36-20-21-14-11-10-12-15-21;1-19(2,3)24-18(21)17-12-16(13-20-17)23-11-7-10-22-14-15-8-5-4-6-9-15;/h10-12,14-15,22-24H,13,16-20H2,1-9H3,(H,31,35);4-6,8-9,16-17,20H,7,10-14H2,1-3H3;1H/t22-,23+,24-;16-,17+;/m11./s1. The van der Waals surface area contributed by atoms with Gasteiger partial charge in [0.2, 0.25) is 5.91 Å². The van der Waals surface area contributed by atoms with Crippen LogP contribution in [0.25, 0.3) is 0 Å². The maximum Gasteiger partial charge on any atom is 0.408 e. The Kier molecular flexibility index (Phi) is 23.2. The van der Waals surface area contributed by atoms with Crippen LogP contribution in [0.3, 0.4) is 0 Å². The SMILES string of the molecule is CC(C)(C)OC(=O)N[C@H](C(=O)N1C[C@H](OCCCOCc2ccccc2)C[C@H]1C(=O)OC(C)(C)C)C(C)(C)C.CC(C)(C)OC(=O)[C@@H]1C[C@@H](OCCCOCc2ccccc2)CN1.Cl. The molecule has 0 aliphatic carbocycles. The quantitative estimate of drug-likeness (QED) is 0.0845. The molecule has 5 atom stereocenters. The first kappa shape index (κ1) is 56.3. The van der Waals surface area contributed by atoms with Gasteiger partial charge in [-0.3, -0.25) is 9.59 Å². The number of alkyl carbamates (subject to hydrolysis) is 1. The molecule has 64 heavy (non-hydrogen) atoms. The van der Waals surface area contributed by atoms with Crippen LogP contribution in [0, 0.1) is 5.41 Å². The van der Waals surface area contributed by atoms with Gasteiger partial charge >= 0.3 is 18.0 Å². The van der Waals surface area contributed by atoms with Crippen LogP contribution >= 0.6 is 12.4 Å². The molecule has 2 aliphatic rings. The number of esters is 2. The van der Waals surface area contributed by atoms with E-state index in [-0.39, 0.29) is 49.1 Å². The third-order valence-electron chi connectivity index (χ3n) is 9.58. The Morgan fingerprint density at radius 1 is 0.641 bits per heavy atom. The lowest BCUT2D eigenvalue weighted by Gasteiger charge is -2.36. The molecular weight excluding hydrogens is 842 g/mol. The van der Waals surface area contributed by atoms with Gasteiger partial charge in [-0.15, -0.1) is 12.4 Å². The van der Waals surface area contributed by atoms with Crippen LogP contribution in [0.1, 0.15) is 120 Å². The molecule has 0 saturated carbocycles. The third-order valence-corrected chi connectivity index (χ3v) is 9.58. The summed E-state index contributed by atoms with van der Waals surface area (Å²) in [7, 11) is 0. The van der Waals surface area contributed by atoms with Gasteiger partial charge in [0.05, 0.1) is 25.4 Å². The number of ether oxygens (including phenoxy) is 7. The van der Waals surface area contributed by atoms with E-state index in [0.29, 0.717) is 65.4 Å². The molecule has 15 heteroatoms. The predicted octanol–water partition coefficient (Wildman–Crippen LogP) is 7.96. The number of hydrogen-bond donors (Lipinski definition) is 2. The summed E-state index contributed by atoms with van der Waals surface area (Å²) >= 11 is 0. The Hall–Kier alpha value is -3.79. The van der Waals surface area contributed by atoms with Gasteiger partial charge in [0.1, 0.15) is 34.9 Å². The molecule has 2 heterocycles. The second-order valence-electron chi connectivity index (χ2n) is 20.2. The number of amides is 2. The van der Waals surface area contributed by atoms with Crippen LogP contribution in [0.5, 0.6) is 0 Å². The van der Waals surface area contributed by atoms with E-state index in [4.69, 9.17) is 33.2 Å². The highest BCUT2D eigenvalue weighted by Gasteiger charge is 2.47. The fourth-order valence-corrected chi connectivity index (χ4v) is 6.73. The van der Waals surface area contributed by atoms with E-state index in [2.05, 4.69) is 22.8 Å². The molecule has 0 radical (unpaired) electrons. The molecular formula is C49H78ClN3O11. The fourth-order valence-electron chi connectivity index (χ4n) is 6.73. The van der Waals surface area contributed by atoms with Gasteiger partial charge in [-0.1, -0.05) is 81.4 Å². The van der Waals surface area contributed by atoms with Gasteiger partial charge in [-0.2, -0.15) is 0 Å². The Morgan fingerprint density at radius 3 is 1.58 bits per heavy atom. The Balaban J connectivity index is 0.000000482. The van der Waals surface area contributed by atoms with Crippen molar-refractivity contribution < 1.29 is 52.3 Å². The summed E-state index contributed by atoms with van der Waals surface area (Å²) in [6, 6.07) is 18.1. The first-order valence-electron chi connectivity index (χ1n) is 22.4. The van der Waals surface area contributed by atoms with E-state index in [1.165, 1.54) is 10.5 Å². The zero-order valence-electron chi connectivity index (χ0n) is 40.5. The van der Waals surface area contributed by atoms with Gasteiger partial charge in [-0.05, 0) is 91.7 Å². The number of likely N-dealkylation sites (tertiary alicyclic amines) is 1. The highest BCUT2D eigenvalue weighted by Crippen LogP contribution is 2.29. The Morgan fingerprint density at radius 2 is 1.11 bits per heavy atom. The fraction of sp³-hybridized carbons (Fsp3) is 0.673. The third kappa shape index (κ3) is 22.4. The van der Waals surface area contributed by atoms with Gasteiger partial charge in [0.15, 0.2) is 0 Å². The van der Waals surface area contributed by atoms with Crippen LogP contribution in [0.2, 0.25) is 0 Å².